The van der Waals surface area contributed by atoms with Gasteiger partial charge in [-0.15, -0.1) is 6.58 Å². The molecular formula is C23H25F3N2O4S. The summed E-state index contributed by atoms with van der Waals surface area (Å²) in [6.45, 7) is 4.08. The van der Waals surface area contributed by atoms with Crippen LogP contribution in [0.2, 0.25) is 0 Å². The molecule has 0 aromatic heterocycles. The van der Waals surface area contributed by atoms with Crippen molar-refractivity contribution in [2.45, 2.75) is 30.2 Å². The molecule has 178 valence electrons. The van der Waals surface area contributed by atoms with E-state index in [9.17, 15) is 26.4 Å². The maximum Gasteiger partial charge on any atom is 0.416 e. The first-order chi connectivity index (χ1) is 15.6. The number of halogens is 3. The van der Waals surface area contributed by atoms with Crippen LogP contribution in [0.25, 0.3) is 0 Å². The molecule has 0 bridgehead atoms. The number of hydrogen-bond acceptors (Lipinski definition) is 4. The molecule has 1 aliphatic rings. The third kappa shape index (κ3) is 6.21. The Balaban J connectivity index is 1.81. The summed E-state index contributed by atoms with van der Waals surface area (Å²) < 4.78 is 71.5. The van der Waals surface area contributed by atoms with E-state index in [-0.39, 0.29) is 43.9 Å². The molecule has 2 aromatic carbocycles. The molecule has 1 heterocycles. The average molecular weight is 483 g/mol. The summed E-state index contributed by atoms with van der Waals surface area (Å²) in [6, 6.07) is 11.1. The molecule has 0 saturated carbocycles. The highest BCUT2D eigenvalue weighted by Gasteiger charge is 2.43. The fourth-order valence-corrected chi connectivity index (χ4v) is 4.86. The number of ether oxygens (including phenoxy) is 1. The summed E-state index contributed by atoms with van der Waals surface area (Å²) in [4.78, 5) is 13.3. The van der Waals surface area contributed by atoms with Gasteiger partial charge in [0.05, 0.1) is 16.7 Å². The zero-order chi connectivity index (χ0) is 24.1. The lowest BCUT2D eigenvalue weighted by Gasteiger charge is -2.36. The minimum absolute atomic E-state index is 0.123. The highest BCUT2D eigenvalue weighted by atomic mass is 32.2. The lowest BCUT2D eigenvalue weighted by molar-refractivity contribution is -0.138. The second kappa shape index (κ2) is 10.1. The normalized spacial score (nSPS) is 16.2. The van der Waals surface area contributed by atoms with Crippen LogP contribution < -0.4 is 10.0 Å². The topological polar surface area (TPSA) is 84.5 Å². The van der Waals surface area contributed by atoms with Gasteiger partial charge in [0.1, 0.15) is 0 Å². The molecule has 2 N–H and O–H groups in total. The van der Waals surface area contributed by atoms with Gasteiger partial charge >= 0.3 is 6.18 Å². The number of alkyl halides is 3. The third-order valence-corrected chi connectivity index (χ3v) is 6.86. The van der Waals surface area contributed by atoms with Gasteiger partial charge in [-0.1, -0.05) is 36.4 Å². The van der Waals surface area contributed by atoms with Crippen LogP contribution in [0.3, 0.4) is 0 Å². The van der Waals surface area contributed by atoms with Crippen LogP contribution in [-0.2, 0) is 36.9 Å². The second-order valence-electron chi connectivity index (χ2n) is 7.82. The Hall–Kier alpha value is -2.69. The van der Waals surface area contributed by atoms with E-state index < -0.39 is 33.1 Å². The number of nitrogens with one attached hydrogen (secondary N) is 2. The summed E-state index contributed by atoms with van der Waals surface area (Å²) in [5.74, 6) is -0.668. The van der Waals surface area contributed by atoms with Crippen LogP contribution in [-0.4, -0.2) is 34.1 Å². The van der Waals surface area contributed by atoms with Gasteiger partial charge in [0, 0.05) is 25.4 Å². The van der Waals surface area contributed by atoms with E-state index in [1.165, 1.54) is 18.2 Å². The Labute approximate surface area is 190 Å². The molecule has 1 saturated heterocycles. The molecule has 0 aliphatic carbocycles. The fraction of sp³-hybridized carbons (Fsp3) is 0.348. The van der Waals surface area contributed by atoms with Crippen molar-refractivity contribution in [1.29, 1.82) is 0 Å². The molecule has 1 amide bonds. The van der Waals surface area contributed by atoms with Gasteiger partial charge in [0.25, 0.3) is 0 Å². The van der Waals surface area contributed by atoms with Gasteiger partial charge in [-0.25, -0.2) is 13.1 Å². The number of sulfonamides is 1. The van der Waals surface area contributed by atoms with E-state index in [2.05, 4.69) is 16.6 Å². The number of rotatable bonds is 8. The van der Waals surface area contributed by atoms with E-state index in [1.54, 1.807) is 24.3 Å². The SMILES string of the molecule is C=CCNS(=O)(=O)Cc1ccc(NC(=O)C2(c3cccc(C(F)(F)F)c3)CCOCC2)cc1. The summed E-state index contributed by atoms with van der Waals surface area (Å²) in [6.07, 6.45) is -2.60. The van der Waals surface area contributed by atoms with Gasteiger partial charge in [-0.3, -0.25) is 4.79 Å². The fourth-order valence-electron chi connectivity index (χ4n) is 3.75. The van der Waals surface area contributed by atoms with Gasteiger partial charge in [0.2, 0.25) is 15.9 Å². The summed E-state index contributed by atoms with van der Waals surface area (Å²) in [7, 11) is -3.53. The molecular weight excluding hydrogens is 457 g/mol. The Morgan fingerprint density at radius 2 is 1.79 bits per heavy atom. The molecule has 0 unspecified atom stereocenters. The first kappa shape index (κ1) is 24.9. The number of anilines is 1. The summed E-state index contributed by atoms with van der Waals surface area (Å²) >= 11 is 0. The number of carbonyl (C=O) groups is 1. The van der Waals surface area contributed by atoms with Gasteiger partial charge in [-0.05, 0) is 42.2 Å². The molecule has 1 fully saturated rings. The van der Waals surface area contributed by atoms with Crippen molar-refractivity contribution in [2.75, 3.05) is 25.1 Å². The van der Waals surface area contributed by atoms with Crippen molar-refractivity contribution in [1.82, 2.24) is 4.72 Å². The van der Waals surface area contributed by atoms with E-state index in [0.717, 1.165) is 12.1 Å². The molecule has 33 heavy (non-hydrogen) atoms. The highest BCUT2D eigenvalue weighted by molar-refractivity contribution is 7.88. The van der Waals surface area contributed by atoms with Crippen LogP contribution in [0.4, 0.5) is 18.9 Å². The Morgan fingerprint density at radius 3 is 2.39 bits per heavy atom. The first-order valence-corrected chi connectivity index (χ1v) is 12.0. The Morgan fingerprint density at radius 1 is 1.12 bits per heavy atom. The quantitative estimate of drug-likeness (QED) is 0.557. The predicted octanol–water partition coefficient (Wildman–Crippen LogP) is 4.00. The Bertz CT molecular complexity index is 1090. The van der Waals surface area contributed by atoms with Crippen LogP contribution in [0.15, 0.2) is 61.2 Å². The van der Waals surface area contributed by atoms with Crippen molar-refractivity contribution < 1.29 is 31.1 Å². The number of amides is 1. The zero-order valence-electron chi connectivity index (χ0n) is 17.8. The van der Waals surface area contributed by atoms with Crippen LogP contribution in [0, 0.1) is 0 Å². The van der Waals surface area contributed by atoms with Crippen molar-refractivity contribution in [2.24, 2.45) is 0 Å². The van der Waals surface area contributed by atoms with Crippen LogP contribution >= 0.6 is 0 Å². The lowest BCUT2D eigenvalue weighted by Crippen LogP contribution is -2.45. The average Bonchev–Trinajstić information content (AvgIpc) is 2.79. The number of hydrogen-bond donors (Lipinski definition) is 2. The summed E-state index contributed by atoms with van der Waals surface area (Å²) in [5, 5.41) is 2.78. The minimum atomic E-state index is -4.52. The van der Waals surface area contributed by atoms with Gasteiger partial charge in [0.15, 0.2) is 0 Å². The largest absolute Gasteiger partial charge is 0.416 e. The zero-order valence-corrected chi connectivity index (χ0v) is 18.6. The molecule has 2 aromatic rings. The molecule has 0 atom stereocenters. The van der Waals surface area contributed by atoms with Crippen molar-refractivity contribution >= 4 is 21.6 Å². The standard InChI is InChI=1S/C23H25F3N2O4S/c1-2-12-27-33(30,31)16-17-6-8-20(9-7-17)28-21(29)22(10-13-32-14-11-22)18-4-3-5-19(15-18)23(24,25)26/h2-9,15,27H,1,10-14,16H2,(H,28,29). The molecule has 0 radical (unpaired) electrons. The van der Waals surface area contributed by atoms with Crippen molar-refractivity contribution in [3.05, 3.63) is 77.9 Å². The van der Waals surface area contributed by atoms with Crippen molar-refractivity contribution in [3.63, 3.8) is 0 Å². The number of carbonyl (C=O) groups excluding carboxylic acids is 1. The molecule has 10 heteroatoms. The van der Waals surface area contributed by atoms with Crippen molar-refractivity contribution in [3.8, 4) is 0 Å². The molecule has 0 spiro atoms. The Kier molecular flexibility index (Phi) is 7.61. The monoisotopic (exact) mass is 482 g/mol. The molecule has 3 rings (SSSR count). The second-order valence-corrected chi connectivity index (χ2v) is 9.63. The first-order valence-electron chi connectivity index (χ1n) is 10.3. The van der Waals surface area contributed by atoms with Crippen LogP contribution in [0.1, 0.15) is 29.5 Å². The maximum absolute atomic E-state index is 13.3. The predicted molar refractivity (Wildman–Crippen MR) is 119 cm³/mol. The van der Waals surface area contributed by atoms with E-state index >= 15 is 0 Å². The highest BCUT2D eigenvalue weighted by Crippen LogP contribution is 2.39. The minimum Gasteiger partial charge on any atom is -0.381 e. The van der Waals surface area contributed by atoms with E-state index in [1.807, 2.05) is 0 Å². The van der Waals surface area contributed by atoms with Crippen LogP contribution in [0.5, 0.6) is 0 Å². The number of benzene rings is 2. The molecule has 1 aliphatic heterocycles. The van der Waals surface area contributed by atoms with E-state index in [4.69, 9.17) is 4.74 Å². The van der Waals surface area contributed by atoms with Gasteiger partial charge < -0.3 is 10.1 Å². The van der Waals surface area contributed by atoms with E-state index in [0.29, 0.717) is 11.3 Å². The summed E-state index contributed by atoms with van der Waals surface area (Å²) in [5.41, 5.74) is -0.763. The van der Waals surface area contributed by atoms with Gasteiger partial charge in [-0.2, -0.15) is 13.2 Å². The maximum atomic E-state index is 13.3. The smallest absolute Gasteiger partial charge is 0.381 e. The lowest BCUT2D eigenvalue weighted by atomic mass is 9.73. The third-order valence-electron chi connectivity index (χ3n) is 5.54. The molecule has 6 nitrogen and oxygen atoms in total.